The molecule has 1 aliphatic rings. The van der Waals surface area contributed by atoms with Gasteiger partial charge in [-0.25, -0.2) is 9.97 Å². The molecule has 158 valence electrons. The summed E-state index contributed by atoms with van der Waals surface area (Å²) in [5, 5.41) is 0. The summed E-state index contributed by atoms with van der Waals surface area (Å²) in [5.74, 6) is 2.92. The number of likely N-dealkylation sites (tertiary alicyclic amines) is 1. The van der Waals surface area contributed by atoms with E-state index in [9.17, 15) is 4.79 Å². The van der Waals surface area contributed by atoms with Crippen molar-refractivity contribution in [3.63, 3.8) is 0 Å². The number of piperidine rings is 1. The lowest BCUT2D eigenvalue weighted by molar-refractivity contribution is -0.132. The summed E-state index contributed by atoms with van der Waals surface area (Å²) < 4.78 is 5.85. The molecular formula is C25H26N4O2. The Labute approximate surface area is 181 Å². The van der Waals surface area contributed by atoms with E-state index >= 15 is 0 Å². The van der Waals surface area contributed by atoms with Crippen molar-refractivity contribution in [3.8, 4) is 11.3 Å². The Morgan fingerprint density at radius 1 is 1.13 bits per heavy atom. The molecule has 2 aromatic carbocycles. The number of carbonyl (C=O) groups excluding carboxylic acids is 1. The average Bonchev–Trinajstić information content (AvgIpc) is 3.47. The molecule has 31 heavy (non-hydrogen) atoms. The van der Waals surface area contributed by atoms with E-state index in [0.29, 0.717) is 18.7 Å². The first-order valence-electron chi connectivity index (χ1n) is 11.0. The molecule has 6 nitrogen and oxygen atoms in total. The number of H-pyrrole nitrogens is 1. The summed E-state index contributed by atoms with van der Waals surface area (Å²) in [5.41, 5.74) is 3.06. The minimum absolute atomic E-state index is 0.204. The molecule has 6 heteroatoms. The zero-order valence-electron chi connectivity index (χ0n) is 17.5. The predicted molar refractivity (Wildman–Crippen MR) is 120 cm³/mol. The highest BCUT2D eigenvalue weighted by atomic mass is 16.4. The molecule has 3 heterocycles. The monoisotopic (exact) mass is 414 g/mol. The van der Waals surface area contributed by atoms with Gasteiger partial charge in [-0.15, -0.1) is 0 Å². The average molecular weight is 415 g/mol. The van der Waals surface area contributed by atoms with Gasteiger partial charge in [-0.2, -0.15) is 0 Å². The Bertz CT molecular complexity index is 1130. The lowest BCUT2D eigenvalue weighted by Gasteiger charge is -2.32. The number of aromatic amines is 1. The van der Waals surface area contributed by atoms with Crippen LogP contribution in [-0.4, -0.2) is 38.8 Å². The van der Waals surface area contributed by atoms with E-state index in [1.54, 1.807) is 6.20 Å². The normalized spacial score (nSPS) is 16.6. The molecule has 0 spiro atoms. The third-order valence-corrected chi connectivity index (χ3v) is 5.96. The van der Waals surface area contributed by atoms with Crippen LogP contribution in [0.2, 0.25) is 0 Å². The van der Waals surface area contributed by atoms with Crippen LogP contribution in [0.25, 0.3) is 22.4 Å². The van der Waals surface area contributed by atoms with Gasteiger partial charge in [-0.3, -0.25) is 4.79 Å². The molecule has 1 N–H and O–H groups in total. The number of amides is 1. The standard InChI is InChI=1S/C25H26N4O2/c30-24(14-6-13-23-26-16-22(31-23)18-8-2-1-3-9-18)29-15-7-10-19(17-29)25-27-20-11-4-5-12-21(20)28-25/h1-5,8-9,11-12,16,19H,6-7,10,13-15,17H2,(H,27,28). The lowest BCUT2D eigenvalue weighted by atomic mass is 9.97. The minimum atomic E-state index is 0.204. The summed E-state index contributed by atoms with van der Waals surface area (Å²) in [6.45, 7) is 1.56. The summed E-state index contributed by atoms with van der Waals surface area (Å²) in [6.07, 6.45) is 5.74. The minimum Gasteiger partial charge on any atom is -0.441 e. The van der Waals surface area contributed by atoms with Gasteiger partial charge < -0.3 is 14.3 Å². The Morgan fingerprint density at radius 3 is 2.84 bits per heavy atom. The molecule has 1 aliphatic heterocycles. The highest BCUT2D eigenvalue weighted by Gasteiger charge is 2.26. The van der Waals surface area contributed by atoms with Crippen molar-refractivity contribution in [2.24, 2.45) is 0 Å². The molecule has 1 atom stereocenters. The summed E-state index contributed by atoms with van der Waals surface area (Å²) in [6, 6.07) is 18.0. The molecule has 0 saturated carbocycles. The Balaban J connectivity index is 1.15. The number of oxazole rings is 1. The van der Waals surface area contributed by atoms with Crippen molar-refractivity contribution in [2.75, 3.05) is 13.1 Å². The van der Waals surface area contributed by atoms with Crippen molar-refractivity contribution < 1.29 is 9.21 Å². The molecule has 0 bridgehead atoms. The third-order valence-electron chi connectivity index (χ3n) is 5.96. The first kappa shape index (κ1) is 19.5. The number of hydrogen-bond acceptors (Lipinski definition) is 4. The van der Waals surface area contributed by atoms with Gasteiger partial charge in [0.2, 0.25) is 5.91 Å². The third kappa shape index (κ3) is 4.38. The maximum atomic E-state index is 12.8. The van der Waals surface area contributed by atoms with Crippen molar-refractivity contribution in [3.05, 3.63) is 72.5 Å². The number of fused-ring (bicyclic) bond motifs is 1. The molecule has 0 radical (unpaired) electrons. The Hall–Kier alpha value is -3.41. The second kappa shape index (κ2) is 8.76. The van der Waals surface area contributed by atoms with E-state index in [4.69, 9.17) is 9.40 Å². The number of nitrogens with zero attached hydrogens (tertiary/aromatic N) is 3. The van der Waals surface area contributed by atoms with E-state index in [0.717, 1.165) is 60.5 Å². The van der Waals surface area contributed by atoms with Crippen LogP contribution < -0.4 is 0 Å². The van der Waals surface area contributed by atoms with E-state index in [-0.39, 0.29) is 11.8 Å². The van der Waals surface area contributed by atoms with E-state index in [1.165, 1.54) is 0 Å². The van der Waals surface area contributed by atoms with Crippen molar-refractivity contribution in [2.45, 2.75) is 38.0 Å². The van der Waals surface area contributed by atoms with Gasteiger partial charge in [0.05, 0.1) is 17.2 Å². The quantitative estimate of drug-likeness (QED) is 0.485. The van der Waals surface area contributed by atoms with Gasteiger partial charge in [0.25, 0.3) is 0 Å². The van der Waals surface area contributed by atoms with Crippen LogP contribution in [0.3, 0.4) is 0 Å². The summed E-state index contributed by atoms with van der Waals surface area (Å²) in [7, 11) is 0. The molecule has 2 aromatic heterocycles. The molecule has 1 amide bonds. The van der Waals surface area contributed by atoms with Gasteiger partial charge >= 0.3 is 0 Å². The second-order valence-corrected chi connectivity index (χ2v) is 8.16. The fraction of sp³-hybridized carbons (Fsp3) is 0.320. The maximum Gasteiger partial charge on any atom is 0.222 e. The van der Waals surface area contributed by atoms with Crippen LogP contribution in [0.15, 0.2) is 65.2 Å². The number of carbonyl (C=O) groups is 1. The van der Waals surface area contributed by atoms with Crippen LogP contribution in [0.5, 0.6) is 0 Å². The number of hydrogen-bond donors (Lipinski definition) is 1. The van der Waals surface area contributed by atoms with E-state index in [1.807, 2.05) is 59.5 Å². The zero-order valence-corrected chi connectivity index (χ0v) is 17.5. The number of rotatable bonds is 6. The summed E-state index contributed by atoms with van der Waals surface area (Å²) in [4.78, 5) is 27.4. The fourth-order valence-electron chi connectivity index (χ4n) is 4.30. The van der Waals surface area contributed by atoms with Crippen molar-refractivity contribution >= 4 is 16.9 Å². The zero-order chi connectivity index (χ0) is 21.0. The molecule has 5 rings (SSSR count). The van der Waals surface area contributed by atoms with Crippen molar-refractivity contribution in [1.29, 1.82) is 0 Å². The van der Waals surface area contributed by atoms with Gasteiger partial charge in [0.15, 0.2) is 11.7 Å². The summed E-state index contributed by atoms with van der Waals surface area (Å²) >= 11 is 0. The smallest absolute Gasteiger partial charge is 0.222 e. The number of imidazole rings is 1. The molecular weight excluding hydrogens is 388 g/mol. The number of nitrogens with one attached hydrogen (secondary N) is 1. The van der Waals surface area contributed by atoms with Crippen LogP contribution in [-0.2, 0) is 11.2 Å². The highest BCUT2D eigenvalue weighted by Crippen LogP contribution is 2.27. The largest absolute Gasteiger partial charge is 0.441 e. The van der Waals surface area contributed by atoms with Gasteiger partial charge in [0.1, 0.15) is 5.82 Å². The molecule has 0 aliphatic carbocycles. The van der Waals surface area contributed by atoms with Gasteiger partial charge in [0, 0.05) is 37.4 Å². The number of aromatic nitrogens is 3. The van der Waals surface area contributed by atoms with Gasteiger partial charge in [-0.05, 0) is 31.4 Å². The number of benzene rings is 2. The highest BCUT2D eigenvalue weighted by molar-refractivity contribution is 5.77. The second-order valence-electron chi connectivity index (χ2n) is 8.16. The van der Waals surface area contributed by atoms with Crippen LogP contribution in [0.1, 0.15) is 43.3 Å². The van der Waals surface area contributed by atoms with E-state index in [2.05, 4.69) is 9.97 Å². The first-order valence-corrected chi connectivity index (χ1v) is 11.0. The number of para-hydroxylation sites is 2. The topological polar surface area (TPSA) is 75.0 Å². The fourth-order valence-corrected chi connectivity index (χ4v) is 4.30. The number of aryl methyl sites for hydroxylation is 1. The molecule has 1 saturated heterocycles. The Morgan fingerprint density at radius 2 is 1.97 bits per heavy atom. The van der Waals surface area contributed by atoms with Gasteiger partial charge in [-0.1, -0.05) is 42.5 Å². The predicted octanol–water partition coefficient (Wildman–Crippen LogP) is 4.95. The van der Waals surface area contributed by atoms with Crippen LogP contribution in [0.4, 0.5) is 0 Å². The van der Waals surface area contributed by atoms with Crippen molar-refractivity contribution in [1.82, 2.24) is 19.9 Å². The lowest BCUT2D eigenvalue weighted by Crippen LogP contribution is -2.39. The van der Waals surface area contributed by atoms with Crippen LogP contribution >= 0.6 is 0 Å². The SMILES string of the molecule is O=C(CCCc1ncc(-c2ccccc2)o1)N1CCCC(c2nc3ccccc3[nH]2)C1. The molecule has 4 aromatic rings. The maximum absolute atomic E-state index is 12.8. The Kier molecular flexibility index (Phi) is 5.52. The molecule has 1 fully saturated rings. The van der Waals surface area contributed by atoms with E-state index < -0.39 is 0 Å². The van der Waals surface area contributed by atoms with Crippen LogP contribution in [0, 0.1) is 0 Å². The first-order chi connectivity index (χ1) is 15.3. The molecule has 1 unspecified atom stereocenters.